The largest absolute Gasteiger partial charge is 0.493 e. The van der Waals surface area contributed by atoms with Crippen LogP contribution in [0.15, 0.2) is 70.0 Å². The van der Waals surface area contributed by atoms with Crippen LogP contribution in [0.4, 0.5) is 10.5 Å². The van der Waals surface area contributed by atoms with Gasteiger partial charge in [-0.05, 0) is 93.6 Å². The number of imide groups is 1. The highest BCUT2D eigenvalue weighted by atomic mass is 79.9. The number of amides is 3. The van der Waals surface area contributed by atoms with E-state index in [2.05, 4.69) is 54.2 Å². The van der Waals surface area contributed by atoms with Gasteiger partial charge in [-0.15, -0.1) is 0 Å². The summed E-state index contributed by atoms with van der Waals surface area (Å²) in [7, 11) is 1.52. The number of nitrogens with zero attached hydrogens (tertiary/aromatic N) is 1. The minimum atomic E-state index is -0.535. The van der Waals surface area contributed by atoms with Crippen LogP contribution >= 0.6 is 27.7 Å². The molecule has 3 aromatic rings. The number of thioether (sulfide) groups is 1. The molecule has 1 heterocycles. The topological polar surface area (TPSA) is 94.2 Å². The molecule has 1 aliphatic heterocycles. The van der Waals surface area contributed by atoms with E-state index in [1.54, 1.807) is 30.3 Å². The smallest absolute Gasteiger partial charge is 0.294 e. The molecule has 8 nitrogen and oxygen atoms in total. The number of hydrogen-bond donors (Lipinski definition) is 1. The van der Waals surface area contributed by atoms with E-state index in [1.165, 1.54) is 12.7 Å². The molecule has 1 fully saturated rings. The maximum atomic E-state index is 13.0. The molecule has 1 saturated heterocycles. The minimum Gasteiger partial charge on any atom is -0.493 e. The van der Waals surface area contributed by atoms with Crippen molar-refractivity contribution in [3.8, 4) is 17.2 Å². The van der Waals surface area contributed by atoms with Crippen LogP contribution in [0.2, 0.25) is 0 Å². The van der Waals surface area contributed by atoms with Crippen molar-refractivity contribution in [2.75, 3.05) is 32.2 Å². The van der Waals surface area contributed by atoms with Gasteiger partial charge in [-0.3, -0.25) is 19.3 Å². The first kappa shape index (κ1) is 31.2. The Morgan fingerprint density at radius 2 is 1.67 bits per heavy atom. The molecule has 0 atom stereocenters. The lowest BCUT2D eigenvalue weighted by atomic mass is 9.87. The zero-order valence-corrected chi connectivity index (χ0v) is 26.6. The maximum absolute atomic E-state index is 13.0. The molecular weight excluding hydrogens is 620 g/mol. The van der Waals surface area contributed by atoms with Gasteiger partial charge >= 0.3 is 0 Å². The van der Waals surface area contributed by atoms with Crippen LogP contribution in [0.3, 0.4) is 0 Å². The molecule has 10 heteroatoms. The van der Waals surface area contributed by atoms with E-state index >= 15 is 0 Å². The van der Waals surface area contributed by atoms with Crippen LogP contribution in [0.5, 0.6) is 17.2 Å². The number of hydrogen-bond acceptors (Lipinski definition) is 7. The molecule has 0 unspecified atom stereocenters. The number of benzene rings is 3. The summed E-state index contributed by atoms with van der Waals surface area (Å²) < 4.78 is 17.9. The Balaban J connectivity index is 1.36. The van der Waals surface area contributed by atoms with Gasteiger partial charge in [0.15, 0.2) is 11.5 Å². The first-order valence-corrected chi connectivity index (χ1v) is 14.9. The van der Waals surface area contributed by atoms with Crippen molar-refractivity contribution >= 4 is 56.5 Å². The molecule has 0 radical (unpaired) electrons. The third kappa shape index (κ3) is 7.95. The second-order valence-electron chi connectivity index (χ2n) is 10.7. The van der Waals surface area contributed by atoms with Crippen molar-refractivity contribution in [2.45, 2.75) is 33.1 Å². The molecule has 1 aliphatic rings. The molecule has 3 amide bonds. The van der Waals surface area contributed by atoms with Crippen molar-refractivity contribution < 1.29 is 28.6 Å². The average Bonchev–Trinajstić information content (AvgIpc) is 3.19. The first-order valence-electron chi connectivity index (χ1n) is 13.3. The number of methoxy groups -OCH3 is 1. The monoisotopic (exact) mass is 652 g/mol. The lowest BCUT2D eigenvalue weighted by Gasteiger charge is -2.19. The lowest BCUT2D eigenvalue weighted by Crippen LogP contribution is -2.36. The predicted octanol–water partition coefficient (Wildman–Crippen LogP) is 7.20. The van der Waals surface area contributed by atoms with Crippen LogP contribution in [0.25, 0.3) is 6.08 Å². The van der Waals surface area contributed by atoms with E-state index in [9.17, 15) is 14.4 Å². The van der Waals surface area contributed by atoms with Crippen LogP contribution in [0.1, 0.15) is 37.5 Å². The molecule has 0 bridgehead atoms. The van der Waals surface area contributed by atoms with E-state index in [0.29, 0.717) is 33.8 Å². The van der Waals surface area contributed by atoms with Gasteiger partial charge < -0.3 is 19.5 Å². The number of anilines is 1. The number of carbonyl (C=O) groups is 3. The third-order valence-electron chi connectivity index (χ3n) is 6.38. The van der Waals surface area contributed by atoms with Gasteiger partial charge in [0, 0.05) is 5.69 Å². The number of halogens is 1. The SMILES string of the molecule is COc1cc(/C=C2\SC(=O)N(CC(=O)Nc3ccc(C)cc3)C2=O)cc(Br)c1OCCOc1ccc(C(C)(C)C)cc1. The summed E-state index contributed by atoms with van der Waals surface area (Å²) in [5, 5.41) is 2.20. The number of ether oxygens (including phenoxy) is 3. The Morgan fingerprint density at radius 1 is 1.00 bits per heavy atom. The molecule has 0 spiro atoms. The Labute approximate surface area is 258 Å². The fourth-order valence-electron chi connectivity index (χ4n) is 4.09. The molecule has 4 rings (SSSR count). The highest BCUT2D eigenvalue weighted by Crippen LogP contribution is 2.39. The van der Waals surface area contributed by atoms with Gasteiger partial charge in [0.2, 0.25) is 5.91 Å². The zero-order chi connectivity index (χ0) is 30.4. The highest BCUT2D eigenvalue weighted by molar-refractivity contribution is 9.10. The molecule has 220 valence electrons. The Morgan fingerprint density at radius 3 is 2.31 bits per heavy atom. The second kappa shape index (κ2) is 13.5. The lowest BCUT2D eigenvalue weighted by molar-refractivity contribution is -0.127. The summed E-state index contributed by atoms with van der Waals surface area (Å²) in [5.74, 6) is 0.699. The van der Waals surface area contributed by atoms with E-state index in [0.717, 1.165) is 28.0 Å². The van der Waals surface area contributed by atoms with Crippen LogP contribution in [0, 0.1) is 6.92 Å². The summed E-state index contributed by atoms with van der Waals surface area (Å²) in [5.41, 5.74) is 3.57. The molecule has 3 aromatic carbocycles. The van der Waals surface area contributed by atoms with Crippen molar-refractivity contribution in [3.63, 3.8) is 0 Å². The quantitative estimate of drug-likeness (QED) is 0.183. The van der Waals surface area contributed by atoms with Gasteiger partial charge in [0.1, 0.15) is 25.5 Å². The van der Waals surface area contributed by atoms with Gasteiger partial charge in [-0.25, -0.2) is 0 Å². The minimum absolute atomic E-state index is 0.0731. The molecule has 0 aliphatic carbocycles. The van der Waals surface area contributed by atoms with Crippen molar-refractivity contribution in [1.29, 1.82) is 0 Å². The fraction of sp³-hybridized carbons (Fsp3) is 0.281. The summed E-state index contributed by atoms with van der Waals surface area (Å²) in [6.07, 6.45) is 1.59. The maximum Gasteiger partial charge on any atom is 0.294 e. The summed E-state index contributed by atoms with van der Waals surface area (Å²) >= 11 is 4.30. The number of rotatable bonds is 10. The summed E-state index contributed by atoms with van der Waals surface area (Å²) in [6.45, 7) is 8.66. The Kier molecular flexibility index (Phi) is 10.0. The van der Waals surface area contributed by atoms with Crippen LogP contribution in [-0.2, 0) is 15.0 Å². The first-order chi connectivity index (χ1) is 19.9. The van der Waals surface area contributed by atoms with Gasteiger partial charge in [-0.2, -0.15) is 0 Å². The highest BCUT2D eigenvalue weighted by Gasteiger charge is 2.36. The van der Waals surface area contributed by atoms with E-state index < -0.39 is 17.1 Å². The zero-order valence-electron chi connectivity index (χ0n) is 24.2. The number of aryl methyl sites for hydroxylation is 1. The normalized spacial score (nSPS) is 14.3. The molecule has 42 heavy (non-hydrogen) atoms. The van der Waals surface area contributed by atoms with Gasteiger partial charge in [-0.1, -0.05) is 50.6 Å². The molecule has 0 saturated carbocycles. The summed E-state index contributed by atoms with van der Waals surface area (Å²) in [6, 6.07) is 18.7. The Bertz CT molecular complexity index is 1500. The van der Waals surface area contributed by atoms with E-state index in [1.807, 2.05) is 31.2 Å². The second-order valence-corrected chi connectivity index (χ2v) is 12.5. The molecular formula is C32H33BrN2O6S. The molecule has 1 N–H and O–H groups in total. The molecule has 0 aromatic heterocycles. The van der Waals surface area contributed by atoms with Crippen molar-refractivity contribution in [2.24, 2.45) is 0 Å². The standard InChI is InChI=1S/C32H33BrN2O6S/c1-20-6-10-23(11-7-20)34-28(36)19-35-30(37)27(42-31(35)38)18-21-16-25(33)29(26(17-21)39-5)41-15-14-40-24-12-8-22(9-13-24)32(2,3)4/h6-13,16-18H,14-15,19H2,1-5H3,(H,34,36)/b27-18-. The van der Waals surface area contributed by atoms with Gasteiger partial charge in [0.05, 0.1) is 16.5 Å². The summed E-state index contributed by atoms with van der Waals surface area (Å²) in [4.78, 5) is 39.1. The van der Waals surface area contributed by atoms with Crippen LogP contribution in [-0.4, -0.2) is 48.8 Å². The number of nitrogens with one attached hydrogen (secondary N) is 1. The van der Waals surface area contributed by atoms with Crippen LogP contribution < -0.4 is 19.5 Å². The fourth-order valence-corrected chi connectivity index (χ4v) is 5.50. The third-order valence-corrected chi connectivity index (χ3v) is 7.88. The Hall–Kier alpha value is -3.76. The van der Waals surface area contributed by atoms with Gasteiger partial charge in [0.25, 0.3) is 11.1 Å². The van der Waals surface area contributed by atoms with E-state index in [-0.39, 0.29) is 23.5 Å². The predicted molar refractivity (Wildman–Crippen MR) is 169 cm³/mol. The number of carbonyl (C=O) groups excluding carboxylic acids is 3. The average molecular weight is 654 g/mol. The van der Waals surface area contributed by atoms with Crippen molar-refractivity contribution in [3.05, 3.63) is 86.7 Å². The van der Waals surface area contributed by atoms with E-state index in [4.69, 9.17) is 14.2 Å². The van der Waals surface area contributed by atoms with Crippen molar-refractivity contribution in [1.82, 2.24) is 4.90 Å².